The molecule has 0 radical (unpaired) electrons. The van der Waals surface area contributed by atoms with Gasteiger partial charge in [-0.2, -0.15) is 4.98 Å². The van der Waals surface area contributed by atoms with Gasteiger partial charge < -0.3 is 4.74 Å². The molecule has 0 aliphatic heterocycles. The van der Waals surface area contributed by atoms with Crippen molar-refractivity contribution in [3.63, 3.8) is 0 Å². The molecule has 2 aromatic rings. The van der Waals surface area contributed by atoms with E-state index in [1.54, 1.807) is 18.2 Å². The van der Waals surface area contributed by atoms with Gasteiger partial charge in [-0.1, -0.05) is 34.5 Å². The monoisotopic (exact) mass is 390 g/mol. The Labute approximate surface area is 127 Å². The normalized spacial score (nSPS) is 10.4. The summed E-state index contributed by atoms with van der Waals surface area (Å²) in [7, 11) is 0. The van der Waals surface area contributed by atoms with Crippen LogP contribution in [0.4, 0.5) is 0 Å². The first kappa shape index (κ1) is 13.8. The van der Waals surface area contributed by atoms with Crippen molar-refractivity contribution >= 4 is 43.5 Å². The summed E-state index contributed by atoms with van der Waals surface area (Å²) in [4.78, 5) is 8.49. The van der Waals surface area contributed by atoms with Crippen LogP contribution in [-0.4, -0.2) is 9.97 Å². The molecule has 0 saturated heterocycles. The number of aromatic nitrogens is 2. The van der Waals surface area contributed by atoms with Gasteiger partial charge in [-0.3, -0.25) is 0 Å². The molecule has 18 heavy (non-hydrogen) atoms. The van der Waals surface area contributed by atoms with Crippen LogP contribution in [0.5, 0.6) is 11.6 Å². The van der Waals surface area contributed by atoms with E-state index < -0.39 is 0 Å². The Balaban J connectivity index is 2.30. The molecule has 1 heterocycles. The lowest BCUT2D eigenvalue weighted by Crippen LogP contribution is -1.96. The predicted molar refractivity (Wildman–Crippen MR) is 78.3 cm³/mol. The lowest BCUT2D eigenvalue weighted by molar-refractivity contribution is 0.458. The SMILES string of the molecule is CCc1nc(Br)cc(Oc2ccc(Br)cc2Cl)n1. The van der Waals surface area contributed by atoms with E-state index >= 15 is 0 Å². The van der Waals surface area contributed by atoms with Gasteiger partial charge in [-0.25, -0.2) is 4.98 Å². The molecule has 0 bridgehead atoms. The molecule has 6 heteroatoms. The Morgan fingerprint density at radius 3 is 2.67 bits per heavy atom. The molecule has 0 amide bonds. The minimum atomic E-state index is 0.470. The molecule has 0 unspecified atom stereocenters. The van der Waals surface area contributed by atoms with Gasteiger partial charge in [0.05, 0.1) is 5.02 Å². The Bertz CT molecular complexity index is 578. The lowest BCUT2D eigenvalue weighted by atomic mass is 10.3. The van der Waals surface area contributed by atoms with Gasteiger partial charge in [0.25, 0.3) is 0 Å². The molecule has 1 aromatic heterocycles. The average Bonchev–Trinajstić information content (AvgIpc) is 2.32. The molecule has 3 nitrogen and oxygen atoms in total. The number of rotatable bonds is 3. The molecule has 0 fully saturated rings. The highest BCUT2D eigenvalue weighted by Gasteiger charge is 2.07. The standard InChI is InChI=1S/C12H9Br2ClN2O/c1-2-11-16-10(14)6-12(17-11)18-9-4-3-7(13)5-8(9)15/h3-6H,2H2,1H3. The fourth-order valence-electron chi connectivity index (χ4n) is 1.32. The molecular weight excluding hydrogens is 383 g/mol. The largest absolute Gasteiger partial charge is 0.437 e. The summed E-state index contributed by atoms with van der Waals surface area (Å²) in [5.41, 5.74) is 0. The van der Waals surface area contributed by atoms with E-state index in [0.29, 0.717) is 27.1 Å². The summed E-state index contributed by atoms with van der Waals surface area (Å²) in [6, 6.07) is 7.12. The molecule has 1 aromatic carbocycles. The highest BCUT2D eigenvalue weighted by Crippen LogP contribution is 2.31. The van der Waals surface area contributed by atoms with Crippen LogP contribution in [0.15, 0.2) is 33.3 Å². The second kappa shape index (κ2) is 5.99. The molecule has 0 N–H and O–H groups in total. The zero-order chi connectivity index (χ0) is 13.1. The molecular formula is C12H9Br2ClN2O. The van der Waals surface area contributed by atoms with E-state index in [1.807, 2.05) is 13.0 Å². The van der Waals surface area contributed by atoms with Crippen molar-refractivity contribution < 1.29 is 4.74 Å². The van der Waals surface area contributed by atoms with Gasteiger partial charge in [-0.05, 0) is 34.1 Å². The summed E-state index contributed by atoms with van der Waals surface area (Å²) >= 11 is 12.8. The third-order valence-electron chi connectivity index (χ3n) is 2.14. The van der Waals surface area contributed by atoms with Crippen LogP contribution in [0, 0.1) is 0 Å². The Kier molecular flexibility index (Phi) is 4.59. The van der Waals surface area contributed by atoms with Gasteiger partial charge in [0.2, 0.25) is 5.88 Å². The van der Waals surface area contributed by atoms with Crippen molar-refractivity contribution in [2.75, 3.05) is 0 Å². The van der Waals surface area contributed by atoms with Crippen molar-refractivity contribution in [3.8, 4) is 11.6 Å². The van der Waals surface area contributed by atoms with Crippen LogP contribution in [0.3, 0.4) is 0 Å². The maximum absolute atomic E-state index is 6.08. The number of benzene rings is 1. The smallest absolute Gasteiger partial charge is 0.223 e. The molecule has 0 aliphatic carbocycles. The average molecular weight is 392 g/mol. The second-order valence-electron chi connectivity index (χ2n) is 3.48. The highest BCUT2D eigenvalue weighted by molar-refractivity contribution is 9.10. The van der Waals surface area contributed by atoms with Gasteiger partial charge in [0.15, 0.2) is 0 Å². The Morgan fingerprint density at radius 2 is 2.00 bits per heavy atom. The Morgan fingerprint density at radius 1 is 1.22 bits per heavy atom. The predicted octanol–water partition coefficient (Wildman–Crippen LogP) is 5.01. The first-order valence-electron chi connectivity index (χ1n) is 5.25. The fraction of sp³-hybridized carbons (Fsp3) is 0.167. The highest BCUT2D eigenvalue weighted by atomic mass is 79.9. The maximum Gasteiger partial charge on any atom is 0.223 e. The molecule has 2 rings (SSSR count). The number of hydrogen-bond donors (Lipinski definition) is 0. The van der Waals surface area contributed by atoms with Crippen LogP contribution in [0.25, 0.3) is 0 Å². The van der Waals surface area contributed by atoms with Crippen LogP contribution >= 0.6 is 43.5 Å². The molecule has 0 spiro atoms. The first-order chi connectivity index (χ1) is 8.58. The number of halogens is 3. The number of nitrogens with zero attached hydrogens (tertiary/aromatic N) is 2. The van der Waals surface area contributed by atoms with E-state index in [4.69, 9.17) is 16.3 Å². The van der Waals surface area contributed by atoms with Gasteiger partial charge in [0.1, 0.15) is 16.2 Å². The minimum Gasteiger partial charge on any atom is -0.437 e. The molecule has 0 aliphatic rings. The summed E-state index contributed by atoms with van der Waals surface area (Å²) in [5.74, 6) is 1.75. The molecule has 0 saturated carbocycles. The quantitative estimate of drug-likeness (QED) is 0.689. The summed E-state index contributed by atoms with van der Waals surface area (Å²) in [5, 5.41) is 0.525. The Hall–Kier alpha value is -0.650. The third kappa shape index (κ3) is 3.43. The van der Waals surface area contributed by atoms with Crippen molar-refractivity contribution in [2.45, 2.75) is 13.3 Å². The zero-order valence-electron chi connectivity index (χ0n) is 9.45. The number of aryl methyl sites for hydroxylation is 1. The topological polar surface area (TPSA) is 35.0 Å². The van der Waals surface area contributed by atoms with E-state index in [-0.39, 0.29) is 0 Å². The van der Waals surface area contributed by atoms with Crippen LogP contribution < -0.4 is 4.74 Å². The van der Waals surface area contributed by atoms with E-state index in [0.717, 1.165) is 10.9 Å². The third-order valence-corrected chi connectivity index (χ3v) is 3.34. The second-order valence-corrected chi connectivity index (χ2v) is 5.61. The van der Waals surface area contributed by atoms with Gasteiger partial charge in [0, 0.05) is 17.0 Å². The fourth-order valence-corrected chi connectivity index (χ4v) is 2.44. The molecule has 0 atom stereocenters. The summed E-state index contributed by atoms with van der Waals surface area (Å²) in [6.45, 7) is 1.98. The maximum atomic E-state index is 6.08. The number of ether oxygens (including phenoxy) is 1. The van der Waals surface area contributed by atoms with Gasteiger partial charge in [-0.15, -0.1) is 0 Å². The summed E-state index contributed by atoms with van der Waals surface area (Å²) < 4.78 is 7.25. The van der Waals surface area contributed by atoms with E-state index in [2.05, 4.69) is 41.8 Å². The minimum absolute atomic E-state index is 0.470. The lowest BCUT2D eigenvalue weighted by Gasteiger charge is -2.08. The first-order valence-corrected chi connectivity index (χ1v) is 7.21. The van der Waals surface area contributed by atoms with Crippen molar-refractivity contribution in [1.82, 2.24) is 9.97 Å². The van der Waals surface area contributed by atoms with Crippen molar-refractivity contribution in [3.05, 3.63) is 44.2 Å². The molecule has 94 valence electrons. The van der Waals surface area contributed by atoms with E-state index in [1.165, 1.54) is 0 Å². The van der Waals surface area contributed by atoms with Crippen molar-refractivity contribution in [2.24, 2.45) is 0 Å². The van der Waals surface area contributed by atoms with Gasteiger partial charge >= 0.3 is 0 Å². The van der Waals surface area contributed by atoms with Crippen LogP contribution in [-0.2, 0) is 6.42 Å². The summed E-state index contributed by atoms with van der Waals surface area (Å²) in [6.07, 6.45) is 0.740. The van der Waals surface area contributed by atoms with E-state index in [9.17, 15) is 0 Å². The van der Waals surface area contributed by atoms with Crippen molar-refractivity contribution in [1.29, 1.82) is 0 Å². The van der Waals surface area contributed by atoms with Crippen LogP contribution in [0.2, 0.25) is 5.02 Å². The zero-order valence-corrected chi connectivity index (χ0v) is 13.4. The number of hydrogen-bond acceptors (Lipinski definition) is 3. The van der Waals surface area contributed by atoms with Crippen LogP contribution in [0.1, 0.15) is 12.7 Å².